The summed E-state index contributed by atoms with van der Waals surface area (Å²) >= 11 is 0. The Hall–Kier alpha value is -2.30. The molecular weight excluding hydrogens is 255 g/mol. The molecule has 0 heterocycles. The molecule has 0 bridgehead atoms. The first-order valence-electron chi connectivity index (χ1n) is 5.46. The lowest BCUT2D eigenvalue weighted by atomic mass is 9.94. The second kappa shape index (κ2) is 4.76. The third-order valence-corrected chi connectivity index (χ3v) is 2.73. The maximum atomic E-state index is 12.7. The SMILES string of the molecule is NC=C1/C=C\C=C/c2ccc(C(F)(F)F)cc2C1=O. The summed E-state index contributed by atoms with van der Waals surface area (Å²) in [6.07, 6.45) is 2.89. The fraction of sp³-hybridized carbons (Fsp3) is 0.0714. The molecule has 0 aliphatic heterocycles. The Kier molecular flexibility index (Phi) is 3.29. The first-order chi connectivity index (χ1) is 8.93. The van der Waals surface area contributed by atoms with Crippen LogP contribution in [0.25, 0.3) is 6.08 Å². The lowest BCUT2D eigenvalue weighted by molar-refractivity contribution is -0.137. The molecule has 0 amide bonds. The van der Waals surface area contributed by atoms with Gasteiger partial charge in [-0.15, -0.1) is 0 Å². The average molecular weight is 265 g/mol. The summed E-state index contributed by atoms with van der Waals surface area (Å²) in [6.45, 7) is 0. The van der Waals surface area contributed by atoms with E-state index < -0.39 is 17.5 Å². The van der Waals surface area contributed by atoms with Crippen molar-refractivity contribution in [2.24, 2.45) is 5.73 Å². The van der Waals surface area contributed by atoms with Gasteiger partial charge in [-0.3, -0.25) is 4.79 Å². The number of hydrogen-bond donors (Lipinski definition) is 1. The zero-order valence-electron chi connectivity index (χ0n) is 9.74. The van der Waals surface area contributed by atoms with Crippen LogP contribution in [0.2, 0.25) is 0 Å². The van der Waals surface area contributed by atoms with Crippen LogP contribution < -0.4 is 5.73 Å². The number of halogens is 3. The molecule has 2 rings (SSSR count). The molecule has 1 aliphatic rings. The molecule has 98 valence electrons. The van der Waals surface area contributed by atoms with E-state index in [4.69, 9.17) is 5.73 Å². The number of carbonyl (C=O) groups is 1. The summed E-state index contributed by atoms with van der Waals surface area (Å²) in [5.41, 5.74) is 5.04. The van der Waals surface area contributed by atoms with Gasteiger partial charge in [-0.2, -0.15) is 13.2 Å². The first kappa shape index (κ1) is 13.1. The minimum Gasteiger partial charge on any atom is -0.404 e. The molecule has 0 radical (unpaired) electrons. The number of allylic oxidation sites excluding steroid dienone is 4. The van der Waals surface area contributed by atoms with E-state index in [1.165, 1.54) is 12.1 Å². The summed E-state index contributed by atoms with van der Waals surface area (Å²) in [5.74, 6) is -0.524. The van der Waals surface area contributed by atoms with Crippen molar-refractivity contribution in [3.05, 3.63) is 64.9 Å². The Morgan fingerprint density at radius 3 is 2.42 bits per heavy atom. The molecule has 1 aromatic carbocycles. The maximum Gasteiger partial charge on any atom is 0.416 e. The predicted molar refractivity (Wildman–Crippen MR) is 66.2 cm³/mol. The molecule has 0 unspecified atom stereocenters. The minimum absolute atomic E-state index is 0.00729. The highest BCUT2D eigenvalue weighted by molar-refractivity contribution is 6.12. The van der Waals surface area contributed by atoms with Crippen LogP contribution in [0.3, 0.4) is 0 Å². The first-order valence-corrected chi connectivity index (χ1v) is 5.46. The van der Waals surface area contributed by atoms with Crippen molar-refractivity contribution in [1.29, 1.82) is 0 Å². The smallest absolute Gasteiger partial charge is 0.404 e. The number of alkyl halides is 3. The molecule has 0 spiro atoms. The number of hydrogen-bond acceptors (Lipinski definition) is 2. The lowest BCUT2D eigenvalue weighted by Gasteiger charge is -2.12. The van der Waals surface area contributed by atoms with Crippen LogP contribution in [-0.4, -0.2) is 5.78 Å². The molecule has 19 heavy (non-hydrogen) atoms. The van der Waals surface area contributed by atoms with Crippen LogP contribution in [0, 0.1) is 0 Å². The third-order valence-electron chi connectivity index (χ3n) is 2.73. The molecule has 2 N–H and O–H groups in total. The van der Waals surface area contributed by atoms with Gasteiger partial charge in [0.1, 0.15) is 0 Å². The molecular formula is C14H10F3NO. The molecule has 0 atom stereocenters. The third kappa shape index (κ3) is 2.59. The number of fused-ring (bicyclic) bond motifs is 1. The summed E-state index contributed by atoms with van der Waals surface area (Å²) < 4.78 is 38.0. The molecule has 1 aromatic rings. The number of ketones is 1. The summed E-state index contributed by atoms with van der Waals surface area (Å²) in [7, 11) is 0. The average Bonchev–Trinajstić information content (AvgIpc) is 2.35. The number of carbonyl (C=O) groups excluding carboxylic acids is 1. The van der Waals surface area contributed by atoms with Crippen LogP contribution >= 0.6 is 0 Å². The lowest BCUT2D eigenvalue weighted by Crippen LogP contribution is -2.11. The molecule has 2 nitrogen and oxygen atoms in total. The summed E-state index contributed by atoms with van der Waals surface area (Å²) in [5, 5.41) is 0. The monoisotopic (exact) mass is 265 g/mol. The largest absolute Gasteiger partial charge is 0.416 e. The fourth-order valence-electron chi connectivity index (χ4n) is 1.76. The van der Waals surface area contributed by atoms with E-state index in [-0.39, 0.29) is 11.1 Å². The summed E-state index contributed by atoms with van der Waals surface area (Å²) in [4.78, 5) is 12.1. The van der Waals surface area contributed by atoms with E-state index in [2.05, 4.69) is 0 Å². The van der Waals surface area contributed by atoms with Crippen LogP contribution in [0.5, 0.6) is 0 Å². The van der Waals surface area contributed by atoms with Crippen molar-refractivity contribution in [3.8, 4) is 0 Å². The Bertz CT molecular complexity index is 610. The number of nitrogens with two attached hydrogens (primary N) is 1. The minimum atomic E-state index is -4.48. The number of benzene rings is 1. The van der Waals surface area contributed by atoms with Gasteiger partial charge in [0.2, 0.25) is 0 Å². The zero-order valence-corrected chi connectivity index (χ0v) is 9.74. The Labute approximate surface area is 107 Å². The second-order valence-corrected chi connectivity index (χ2v) is 3.97. The zero-order chi connectivity index (χ0) is 14.0. The van der Waals surface area contributed by atoms with Crippen LogP contribution in [0.4, 0.5) is 13.2 Å². The van der Waals surface area contributed by atoms with E-state index in [0.717, 1.165) is 18.3 Å². The maximum absolute atomic E-state index is 12.7. The van der Waals surface area contributed by atoms with Gasteiger partial charge in [-0.05, 0) is 23.8 Å². The Balaban J connectivity index is 2.63. The number of Topliss-reactive ketones (excluding diaryl/α,β-unsaturated/α-hetero) is 1. The van der Waals surface area contributed by atoms with Crippen LogP contribution in [-0.2, 0) is 6.18 Å². The van der Waals surface area contributed by atoms with Crippen molar-refractivity contribution in [3.63, 3.8) is 0 Å². The number of rotatable bonds is 0. The molecule has 0 aromatic heterocycles. The highest BCUT2D eigenvalue weighted by Gasteiger charge is 2.31. The molecule has 0 fully saturated rings. The highest BCUT2D eigenvalue weighted by atomic mass is 19.4. The van der Waals surface area contributed by atoms with Crippen LogP contribution in [0.1, 0.15) is 21.5 Å². The highest BCUT2D eigenvalue weighted by Crippen LogP contribution is 2.32. The van der Waals surface area contributed by atoms with Gasteiger partial charge in [0.25, 0.3) is 0 Å². The van der Waals surface area contributed by atoms with Crippen molar-refractivity contribution in [2.45, 2.75) is 6.18 Å². The van der Waals surface area contributed by atoms with Gasteiger partial charge in [-0.25, -0.2) is 0 Å². The normalized spacial score (nSPS) is 20.6. The predicted octanol–water partition coefficient (Wildman–Crippen LogP) is 3.31. The Morgan fingerprint density at radius 1 is 1.11 bits per heavy atom. The molecule has 5 heteroatoms. The van der Waals surface area contributed by atoms with Crippen LogP contribution in [0.15, 0.2) is 48.2 Å². The van der Waals surface area contributed by atoms with Gasteiger partial charge in [0, 0.05) is 17.3 Å². The van der Waals surface area contributed by atoms with Crippen molar-refractivity contribution >= 4 is 11.9 Å². The second-order valence-electron chi connectivity index (χ2n) is 3.97. The molecule has 0 saturated heterocycles. The van der Waals surface area contributed by atoms with E-state index in [1.807, 2.05) is 0 Å². The quantitative estimate of drug-likeness (QED) is 0.731. The Morgan fingerprint density at radius 2 is 1.79 bits per heavy atom. The molecule has 1 aliphatic carbocycles. The van der Waals surface area contributed by atoms with Crippen molar-refractivity contribution in [2.75, 3.05) is 0 Å². The summed E-state index contributed by atoms with van der Waals surface area (Å²) in [6, 6.07) is 3.08. The van der Waals surface area contributed by atoms with E-state index in [9.17, 15) is 18.0 Å². The van der Waals surface area contributed by atoms with Crippen molar-refractivity contribution < 1.29 is 18.0 Å². The van der Waals surface area contributed by atoms with E-state index in [1.54, 1.807) is 18.2 Å². The van der Waals surface area contributed by atoms with Gasteiger partial charge < -0.3 is 5.73 Å². The van der Waals surface area contributed by atoms with E-state index >= 15 is 0 Å². The standard InChI is InChI=1S/C14H10F3NO/c15-14(16,17)11-6-5-9-3-1-2-4-10(8-18)13(19)12(9)7-11/h1-8H,18H2/b3-1-,4-2-,10-8?. The fourth-order valence-corrected chi connectivity index (χ4v) is 1.76. The molecule has 0 saturated carbocycles. The topological polar surface area (TPSA) is 43.1 Å². The van der Waals surface area contributed by atoms with Gasteiger partial charge in [0.05, 0.1) is 5.56 Å². The van der Waals surface area contributed by atoms with E-state index in [0.29, 0.717) is 5.56 Å². The van der Waals surface area contributed by atoms with Crippen molar-refractivity contribution in [1.82, 2.24) is 0 Å². The van der Waals surface area contributed by atoms with Gasteiger partial charge in [0.15, 0.2) is 5.78 Å². The van der Waals surface area contributed by atoms with Gasteiger partial charge in [-0.1, -0.05) is 24.3 Å². The van der Waals surface area contributed by atoms with Gasteiger partial charge >= 0.3 is 6.18 Å².